The summed E-state index contributed by atoms with van der Waals surface area (Å²) in [6, 6.07) is 7.10. The standard InChI is InChI=1S/C18H18N4O3/c1-2-11-4-3-5-12(10-11)17-21-15(16(20)23)14(19)18(22-17)25-13-6-8-24-9-7-13/h1,3-5,10,13H,6-9,19H2,(H2,20,23). The molecule has 0 saturated carbocycles. The van der Waals surface area contributed by atoms with Crippen molar-refractivity contribution in [3.63, 3.8) is 0 Å². The zero-order valence-electron chi connectivity index (χ0n) is 13.6. The Morgan fingerprint density at radius 3 is 2.76 bits per heavy atom. The molecule has 1 aromatic heterocycles. The Kier molecular flexibility index (Phi) is 4.82. The van der Waals surface area contributed by atoms with E-state index in [2.05, 4.69) is 15.9 Å². The molecule has 2 heterocycles. The molecule has 1 saturated heterocycles. The van der Waals surface area contributed by atoms with Gasteiger partial charge in [0.1, 0.15) is 11.8 Å². The van der Waals surface area contributed by atoms with Crippen molar-refractivity contribution >= 4 is 11.6 Å². The summed E-state index contributed by atoms with van der Waals surface area (Å²) < 4.78 is 11.2. The molecule has 3 rings (SSSR count). The van der Waals surface area contributed by atoms with Crippen molar-refractivity contribution < 1.29 is 14.3 Å². The number of anilines is 1. The summed E-state index contributed by atoms with van der Waals surface area (Å²) in [6.45, 7) is 1.21. The first-order chi connectivity index (χ1) is 12.1. The predicted octanol–water partition coefficient (Wildman–Crippen LogP) is 1.36. The van der Waals surface area contributed by atoms with Crippen molar-refractivity contribution in [2.45, 2.75) is 18.9 Å². The summed E-state index contributed by atoms with van der Waals surface area (Å²) in [5.74, 6) is 2.23. The Morgan fingerprint density at radius 2 is 2.08 bits per heavy atom. The van der Waals surface area contributed by atoms with Crippen LogP contribution in [-0.2, 0) is 4.74 Å². The Bertz CT molecular complexity index is 839. The van der Waals surface area contributed by atoms with Gasteiger partial charge in [-0.1, -0.05) is 18.1 Å². The van der Waals surface area contributed by atoms with Gasteiger partial charge in [0.2, 0.25) is 5.88 Å². The third-order valence-corrected chi connectivity index (χ3v) is 3.88. The largest absolute Gasteiger partial charge is 0.473 e. The van der Waals surface area contributed by atoms with Crippen LogP contribution < -0.4 is 16.2 Å². The molecule has 7 heteroatoms. The number of hydrogen-bond acceptors (Lipinski definition) is 6. The number of nitrogens with zero attached hydrogens (tertiary/aromatic N) is 2. The van der Waals surface area contributed by atoms with Gasteiger partial charge in [0.25, 0.3) is 5.91 Å². The van der Waals surface area contributed by atoms with Crippen LogP contribution in [0.3, 0.4) is 0 Å². The zero-order valence-corrected chi connectivity index (χ0v) is 13.6. The second-order valence-corrected chi connectivity index (χ2v) is 5.63. The molecule has 4 N–H and O–H groups in total. The second-order valence-electron chi connectivity index (χ2n) is 5.63. The molecule has 2 aromatic rings. The molecule has 128 valence electrons. The number of nitrogens with two attached hydrogens (primary N) is 2. The van der Waals surface area contributed by atoms with E-state index in [-0.39, 0.29) is 29.2 Å². The number of primary amides is 1. The van der Waals surface area contributed by atoms with Crippen LogP contribution in [0.15, 0.2) is 24.3 Å². The predicted molar refractivity (Wildman–Crippen MR) is 92.8 cm³/mol. The smallest absolute Gasteiger partial charge is 0.269 e. The summed E-state index contributed by atoms with van der Waals surface area (Å²) in [5.41, 5.74) is 12.7. The first kappa shape index (κ1) is 16.7. The van der Waals surface area contributed by atoms with E-state index in [4.69, 9.17) is 27.4 Å². The maximum Gasteiger partial charge on any atom is 0.269 e. The minimum Gasteiger partial charge on any atom is -0.473 e. The van der Waals surface area contributed by atoms with Crippen LogP contribution in [0.5, 0.6) is 5.88 Å². The first-order valence-electron chi connectivity index (χ1n) is 7.87. The van der Waals surface area contributed by atoms with Crippen molar-refractivity contribution in [3.8, 4) is 29.6 Å². The van der Waals surface area contributed by atoms with Crippen molar-refractivity contribution in [3.05, 3.63) is 35.5 Å². The van der Waals surface area contributed by atoms with Crippen LogP contribution in [0.2, 0.25) is 0 Å². The van der Waals surface area contributed by atoms with E-state index in [1.165, 1.54) is 0 Å². The number of aromatic nitrogens is 2. The van der Waals surface area contributed by atoms with Gasteiger partial charge >= 0.3 is 0 Å². The van der Waals surface area contributed by atoms with Crippen molar-refractivity contribution in [2.24, 2.45) is 5.73 Å². The van der Waals surface area contributed by atoms with E-state index in [0.29, 0.717) is 24.3 Å². The van der Waals surface area contributed by atoms with Crippen LogP contribution in [0, 0.1) is 12.3 Å². The van der Waals surface area contributed by atoms with Crippen LogP contribution in [0.1, 0.15) is 28.9 Å². The summed E-state index contributed by atoms with van der Waals surface area (Å²) in [5, 5.41) is 0. The molecule has 1 fully saturated rings. The number of terminal acetylenes is 1. The third kappa shape index (κ3) is 3.70. The van der Waals surface area contributed by atoms with Crippen LogP contribution in [-0.4, -0.2) is 35.2 Å². The molecule has 1 amide bonds. The number of benzene rings is 1. The Morgan fingerprint density at radius 1 is 1.32 bits per heavy atom. The molecule has 0 atom stereocenters. The maximum absolute atomic E-state index is 11.7. The number of nitrogen functional groups attached to an aromatic ring is 1. The van der Waals surface area contributed by atoms with E-state index in [0.717, 1.165) is 12.8 Å². The first-order valence-corrected chi connectivity index (χ1v) is 7.87. The van der Waals surface area contributed by atoms with Gasteiger partial charge in [-0.15, -0.1) is 6.42 Å². The molecular weight excluding hydrogens is 320 g/mol. The Balaban J connectivity index is 2.03. The molecule has 0 unspecified atom stereocenters. The van der Waals surface area contributed by atoms with Crippen molar-refractivity contribution in [1.82, 2.24) is 9.97 Å². The van der Waals surface area contributed by atoms with Gasteiger partial charge < -0.3 is 20.9 Å². The molecule has 7 nitrogen and oxygen atoms in total. The minimum atomic E-state index is -0.744. The highest BCUT2D eigenvalue weighted by Gasteiger charge is 2.22. The van der Waals surface area contributed by atoms with Crippen LogP contribution >= 0.6 is 0 Å². The van der Waals surface area contributed by atoms with Gasteiger partial charge in [-0.25, -0.2) is 4.98 Å². The van der Waals surface area contributed by atoms with Gasteiger partial charge in [0.05, 0.1) is 13.2 Å². The highest BCUT2D eigenvalue weighted by Crippen LogP contribution is 2.28. The molecular formula is C18H18N4O3. The van der Waals surface area contributed by atoms with E-state index in [1.54, 1.807) is 24.3 Å². The molecule has 0 spiro atoms. The minimum absolute atomic E-state index is 0.0378. The van der Waals surface area contributed by atoms with Gasteiger partial charge in [0.15, 0.2) is 11.5 Å². The molecule has 25 heavy (non-hydrogen) atoms. The van der Waals surface area contributed by atoms with Crippen molar-refractivity contribution in [1.29, 1.82) is 0 Å². The average Bonchev–Trinajstić information content (AvgIpc) is 2.64. The number of ether oxygens (including phenoxy) is 2. The number of amides is 1. The second kappa shape index (κ2) is 7.20. The van der Waals surface area contributed by atoms with E-state index < -0.39 is 5.91 Å². The SMILES string of the molecule is C#Cc1cccc(-c2nc(OC3CCOCC3)c(N)c(C(N)=O)n2)c1. The lowest BCUT2D eigenvalue weighted by Crippen LogP contribution is -2.27. The average molecular weight is 338 g/mol. The summed E-state index contributed by atoms with van der Waals surface area (Å²) in [4.78, 5) is 20.3. The number of rotatable bonds is 4. The lowest BCUT2D eigenvalue weighted by atomic mass is 10.1. The van der Waals surface area contributed by atoms with E-state index in [1.807, 2.05) is 0 Å². The van der Waals surface area contributed by atoms with Crippen molar-refractivity contribution in [2.75, 3.05) is 18.9 Å². The fourth-order valence-electron chi connectivity index (χ4n) is 2.56. The fourth-order valence-corrected chi connectivity index (χ4v) is 2.56. The quantitative estimate of drug-likeness (QED) is 0.814. The molecule has 0 aliphatic carbocycles. The zero-order chi connectivity index (χ0) is 17.8. The Hall–Kier alpha value is -3.11. The maximum atomic E-state index is 11.7. The van der Waals surface area contributed by atoms with Crippen LogP contribution in [0.25, 0.3) is 11.4 Å². The highest BCUT2D eigenvalue weighted by atomic mass is 16.5. The molecule has 0 bridgehead atoms. The molecule has 1 aliphatic rings. The van der Waals surface area contributed by atoms with Gasteiger partial charge in [-0.05, 0) is 12.1 Å². The summed E-state index contributed by atoms with van der Waals surface area (Å²) >= 11 is 0. The van der Waals surface area contributed by atoms with E-state index in [9.17, 15) is 4.79 Å². The topological polar surface area (TPSA) is 113 Å². The van der Waals surface area contributed by atoms with E-state index >= 15 is 0 Å². The Labute approximate surface area is 145 Å². The molecule has 1 aliphatic heterocycles. The monoisotopic (exact) mass is 338 g/mol. The fraction of sp³-hybridized carbons (Fsp3) is 0.278. The molecule has 0 radical (unpaired) electrons. The third-order valence-electron chi connectivity index (χ3n) is 3.88. The highest BCUT2D eigenvalue weighted by molar-refractivity contribution is 5.97. The van der Waals surface area contributed by atoms with Crippen LogP contribution in [0.4, 0.5) is 5.69 Å². The lowest BCUT2D eigenvalue weighted by Gasteiger charge is -2.23. The number of hydrogen-bond donors (Lipinski definition) is 2. The number of carbonyl (C=O) groups is 1. The summed E-state index contributed by atoms with van der Waals surface area (Å²) in [7, 11) is 0. The van der Waals surface area contributed by atoms with Gasteiger partial charge in [0, 0.05) is 24.0 Å². The lowest BCUT2D eigenvalue weighted by molar-refractivity contribution is 0.0240. The summed E-state index contributed by atoms with van der Waals surface area (Å²) in [6.07, 6.45) is 6.78. The normalized spacial score (nSPS) is 14.7. The molecule has 1 aromatic carbocycles. The van der Waals surface area contributed by atoms with Gasteiger partial charge in [-0.3, -0.25) is 4.79 Å². The number of carbonyl (C=O) groups excluding carboxylic acids is 1. The van der Waals surface area contributed by atoms with Gasteiger partial charge in [-0.2, -0.15) is 4.98 Å².